The fourth-order valence-corrected chi connectivity index (χ4v) is 3.45. The van der Waals surface area contributed by atoms with Gasteiger partial charge in [0.05, 0.1) is 0 Å². The average molecular weight is 290 g/mol. The van der Waals surface area contributed by atoms with Gasteiger partial charge < -0.3 is 10.2 Å². The molecule has 0 bridgehead atoms. The highest BCUT2D eigenvalue weighted by Gasteiger charge is 2.46. The van der Waals surface area contributed by atoms with Crippen molar-refractivity contribution in [2.45, 2.75) is 44.1 Å². The maximum absolute atomic E-state index is 12.8. The van der Waals surface area contributed by atoms with E-state index in [9.17, 15) is 9.59 Å². The SMILES string of the molecule is Cn1nccc1CCN1CCC(=O)NC2(CCCC2)C1=O. The molecule has 0 aromatic carbocycles. The van der Waals surface area contributed by atoms with Crippen molar-refractivity contribution in [2.24, 2.45) is 7.05 Å². The first-order valence-electron chi connectivity index (χ1n) is 7.68. The Hall–Kier alpha value is -1.85. The average Bonchev–Trinajstić information content (AvgIpc) is 3.06. The van der Waals surface area contributed by atoms with Crippen molar-refractivity contribution in [1.82, 2.24) is 20.0 Å². The molecule has 3 rings (SSSR count). The number of nitrogens with one attached hydrogen (secondary N) is 1. The fraction of sp³-hybridized carbons (Fsp3) is 0.667. The number of hydrogen-bond donors (Lipinski definition) is 1. The first kappa shape index (κ1) is 14.1. The van der Waals surface area contributed by atoms with E-state index in [1.165, 1.54) is 0 Å². The van der Waals surface area contributed by atoms with Gasteiger partial charge in [-0.3, -0.25) is 14.3 Å². The van der Waals surface area contributed by atoms with Crippen LogP contribution in [-0.2, 0) is 23.1 Å². The Morgan fingerprint density at radius 3 is 2.76 bits per heavy atom. The van der Waals surface area contributed by atoms with Crippen molar-refractivity contribution in [3.05, 3.63) is 18.0 Å². The third-order valence-electron chi connectivity index (χ3n) is 4.70. The smallest absolute Gasteiger partial charge is 0.248 e. The molecule has 2 aliphatic rings. The molecule has 0 radical (unpaired) electrons. The number of hydrogen-bond acceptors (Lipinski definition) is 3. The highest BCUT2D eigenvalue weighted by atomic mass is 16.2. The van der Waals surface area contributed by atoms with Gasteiger partial charge in [-0.1, -0.05) is 12.8 Å². The number of carbonyl (C=O) groups excluding carboxylic acids is 2. The predicted molar refractivity (Wildman–Crippen MR) is 77.5 cm³/mol. The van der Waals surface area contributed by atoms with Gasteiger partial charge >= 0.3 is 0 Å². The topological polar surface area (TPSA) is 67.2 Å². The molecule has 2 heterocycles. The molecule has 114 valence electrons. The Labute approximate surface area is 124 Å². The maximum Gasteiger partial charge on any atom is 0.248 e. The van der Waals surface area contributed by atoms with Crippen molar-refractivity contribution in [3.63, 3.8) is 0 Å². The molecule has 1 aliphatic heterocycles. The van der Waals surface area contributed by atoms with Crippen LogP contribution in [0.5, 0.6) is 0 Å². The molecule has 0 atom stereocenters. The van der Waals surface area contributed by atoms with E-state index in [2.05, 4.69) is 10.4 Å². The summed E-state index contributed by atoms with van der Waals surface area (Å²) in [6.45, 7) is 1.17. The molecule has 6 nitrogen and oxygen atoms in total. The van der Waals surface area contributed by atoms with E-state index in [0.717, 1.165) is 37.8 Å². The van der Waals surface area contributed by atoms with Crippen LogP contribution in [0.3, 0.4) is 0 Å². The zero-order valence-electron chi connectivity index (χ0n) is 12.5. The lowest BCUT2D eigenvalue weighted by Gasteiger charge is -2.31. The van der Waals surface area contributed by atoms with E-state index in [4.69, 9.17) is 0 Å². The molecule has 21 heavy (non-hydrogen) atoms. The largest absolute Gasteiger partial charge is 0.342 e. The Kier molecular flexibility index (Phi) is 3.69. The summed E-state index contributed by atoms with van der Waals surface area (Å²) in [5, 5.41) is 7.14. The molecular formula is C15H22N4O2. The van der Waals surface area contributed by atoms with Crippen molar-refractivity contribution in [1.29, 1.82) is 0 Å². The summed E-state index contributed by atoms with van der Waals surface area (Å²) >= 11 is 0. The molecule has 1 saturated carbocycles. The van der Waals surface area contributed by atoms with Crippen LogP contribution in [0.4, 0.5) is 0 Å². The second-order valence-corrected chi connectivity index (χ2v) is 6.08. The summed E-state index contributed by atoms with van der Waals surface area (Å²) in [5.74, 6) is 0.112. The lowest BCUT2D eigenvalue weighted by atomic mass is 9.96. The van der Waals surface area contributed by atoms with E-state index in [1.807, 2.05) is 22.7 Å². The zero-order chi connectivity index (χ0) is 14.9. The van der Waals surface area contributed by atoms with Crippen LogP contribution in [0.2, 0.25) is 0 Å². The summed E-state index contributed by atoms with van der Waals surface area (Å²) in [4.78, 5) is 26.6. The Balaban J connectivity index is 1.73. The maximum atomic E-state index is 12.8. The van der Waals surface area contributed by atoms with Crippen LogP contribution in [0, 0.1) is 0 Å². The lowest BCUT2D eigenvalue weighted by molar-refractivity contribution is -0.138. The molecule has 1 aromatic rings. The molecular weight excluding hydrogens is 268 g/mol. The summed E-state index contributed by atoms with van der Waals surface area (Å²) < 4.78 is 1.83. The van der Waals surface area contributed by atoms with Crippen LogP contribution in [0.25, 0.3) is 0 Å². The highest BCUT2D eigenvalue weighted by molar-refractivity contribution is 5.93. The number of rotatable bonds is 3. The summed E-state index contributed by atoms with van der Waals surface area (Å²) in [5.41, 5.74) is 0.479. The second kappa shape index (κ2) is 5.50. The minimum atomic E-state index is -0.625. The van der Waals surface area contributed by atoms with Crippen LogP contribution >= 0.6 is 0 Å². The summed E-state index contributed by atoms with van der Waals surface area (Å²) in [7, 11) is 1.91. The van der Waals surface area contributed by atoms with E-state index >= 15 is 0 Å². The number of aryl methyl sites for hydroxylation is 1. The molecule has 1 aromatic heterocycles. The van der Waals surface area contributed by atoms with Gasteiger partial charge in [-0.05, 0) is 18.9 Å². The van der Waals surface area contributed by atoms with Gasteiger partial charge in [0, 0.05) is 44.9 Å². The summed E-state index contributed by atoms with van der Waals surface area (Å²) in [6, 6.07) is 1.97. The third-order valence-corrected chi connectivity index (χ3v) is 4.70. The number of aromatic nitrogens is 2. The van der Waals surface area contributed by atoms with Gasteiger partial charge in [0.25, 0.3) is 0 Å². The van der Waals surface area contributed by atoms with Crippen LogP contribution < -0.4 is 5.32 Å². The van der Waals surface area contributed by atoms with Crippen LogP contribution in [0.1, 0.15) is 37.8 Å². The van der Waals surface area contributed by atoms with Crippen molar-refractivity contribution in [2.75, 3.05) is 13.1 Å². The molecule has 6 heteroatoms. The standard InChI is InChI=1S/C15H22N4O2/c1-18-12(4-9-16-18)5-10-19-11-6-13(20)17-15(14(19)21)7-2-3-8-15/h4,9H,2-3,5-8,10-11H2,1H3,(H,17,20). The fourth-order valence-electron chi connectivity index (χ4n) is 3.45. The Morgan fingerprint density at radius 2 is 2.10 bits per heavy atom. The zero-order valence-corrected chi connectivity index (χ0v) is 12.5. The first-order chi connectivity index (χ1) is 10.1. The number of carbonyl (C=O) groups is 2. The van der Waals surface area contributed by atoms with E-state index in [-0.39, 0.29) is 11.8 Å². The molecule has 1 spiro atoms. The van der Waals surface area contributed by atoms with Gasteiger partial charge in [-0.15, -0.1) is 0 Å². The van der Waals surface area contributed by atoms with E-state index in [1.54, 1.807) is 6.20 Å². The van der Waals surface area contributed by atoms with Crippen LogP contribution in [0.15, 0.2) is 12.3 Å². The monoisotopic (exact) mass is 290 g/mol. The quantitative estimate of drug-likeness (QED) is 0.887. The first-order valence-corrected chi connectivity index (χ1v) is 7.68. The van der Waals surface area contributed by atoms with Gasteiger partial charge in [-0.2, -0.15) is 5.10 Å². The van der Waals surface area contributed by atoms with E-state index in [0.29, 0.717) is 19.5 Å². The molecule has 2 amide bonds. The van der Waals surface area contributed by atoms with Gasteiger partial charge in [-0.25, -0.2) is 0 Å². The number of nitrogens with zero attached hydrogens (tertiary/aromatic N) is 3. The Morgan fingerprint density at radius 1 is 1.33 bits per heavy atom. The molecule has 1 aliphatic carbocycles. The van der Waals surface area contributed by atoms with Gasteiger partial charge in [0.1, 0.15) is 5.54 Å². The normalized spacial score (nSPS) is 21.7. The van der Waals surface area contributed by atoms with Gasteiger partial charge in [0.2, 0.25) is 11.8 Å². The minimum absolute atomic E-state index is 0.00767. The molecule has 1 saturated heterocycles. The van der Waals surface area contributed by atoms with Crippen molar-refractivity contribution in [3.8, 4) is 0 Å². The van der Waals surface area contributed by atoms with Gasteiger partial charge in [0.15, 0.2) is 0 Å². The van der Waals surface area contributed by atoms with Crippen molar-refractivity contribution >= 4 is 11.8 Å². The predicted octanol–water partition coefficient (Wildman–Crippen LogP) is 0.624. The molecule has 1 N–H and O–H groups in total. The summed E-state index contributed by atoms with van der Waals surface area (Å²) in [6.07, 6.45) is 6.53. The van der Waals surface area contributed by atoms with Crippen LogP contribution in [-0.4, -0.2) is 45.1 Å². The second-order valence-electron chi connectivity index (χ2n) is 6.08. The lowest BCUT2D eigenvalue weighted by Crippen LogP contribution is -2.55. The molecule has 2 fully saturated rings. The third kappa shape index (κ3) is 2.66. The molecule has 0 unspecified atom stereocenters. The van der Waals surface area contributed by atoms with Crippen molar-refractivity contribution < 1.29 is 9.59 Å². The highest BCUT2D eigenvalue weighted by Crippen LogP contribution is 2.33. The van der Waals surface area contributed by atoms with E-state index < -0.39 is 5.54 Å². The number of amides is 2. The Bertz CT molecular complexity index is 546. The minimum Gasteiger partial charge on any atom is -0.342 e.